The molecule has 1 atom stereocenters. The first-order valence-electron chi connectivity index (χ1n) is 11.1. The number of nitrogens with zero attached hydrogens (tertiary/aromatic N) is 3. The van der Waals surface area contributed by atoms with E-state index in [-0.39, 0.29) is 5.91 Å². The molecule has 9 heteroatoms. The summed E-state index contributed by atoms with van der Waals surface area (Å²) >= 11 is 7.39. The molecule has 0 aliphatic carbocycles. The topological polar surface area (TPSA) is 67.9 Å². The zero-order valence-electron chi connectivity index (χ0n) is 18.3. The highest BCUT2D eigenvalue weighted by Crippen LogP contribution is 2.25. The Morgan fingerprint density at radius 1 is 1.03 bits per heavy atom. The molecule has 172 valence electrons. The molecule has 2 aliphatic rings. The quantitative estimate of drug-likeness (QED) is 0.694. The maximum absolute atomic E-state index is 13.4. The summed E-state index contributed by atoms with van der Waals surface area (Å²) in [5.74, 6) is -0.0458. The fraction of sp³-hybridized carbons (Fsp3) is 0.478. The van der Waals surface area contributed by atoms with E-state index in [0.29, 0.717) is 16.8 Å². The van der Waals surface area contributed by atoms with Crippen molar-refractivity contribution >= 4 is 40.6 Å². The van der Waals surface area contributed by atoms with Gasteiger partial charge in [-0.2, -0.15) is 0 Å². The number of carbonyl (C=O) groups is 2. The van der Waals surface area contributed by atoms with E-state index in [1.165, 1.54) is 11.3 Å². The number of piperazine rings is 1. The molecule has 0 unspecified atom stereocenters. The van der Waals surface area contributed by atoms with Gasteiger partial charge in [0.05, 0.1) is 0 Å². The Bertz CT molecular complexity index is 892. The SMILES string of the molecule is CN1CCN(C2CCN(C(=O)[C@@H](NC(=O)Nc3ccc(Cl)cc3)c3cccs3)CC2)CC1. The smallest absolute Gasteiger partial charge is 0.320 e. The maximum Gasteiger partial charge on any atom is 0.320 e. The number of halogens is 1. The van der Waals surface area contributed by atoms with Crippen molar-refractivity contribution in [2.24, 2.45) is 0 Å². The maximum atomic E-state index is 13.4. The van der Waals surface area contributed by atoms with Gasteiger partial charge in [-0.05, 0) is 55.6 Å². The molecule has 2 saturated heterocycles. The lowest BCUT2D eigenvalue weighted by molar-refractivity contribution is -0.135. The van der Waals surface area contributed by atoms with Gasteiger partial charge in [-0.15, -0.1) is 11.3 Å². The Kier molecular flexibility index (Phi) is 7.67. The van der Waals surface area contributed by atoms with E-state index in [9.17, 15) is 9.59 Å². The molecule has 1 aromatic carbocycles. The number of anilines is 1. The van der Waals surface area contributed by atoms with Gasteiger partial charge in [0.25, 0.3) is 5.91 Å². The number of hydrogen-bond acceptors (Lipinski definition) is 5. The van der Waals surface area contributed by atoms with Gasteiger partial charge >= 0.3 is 6.03 Å². The van der Waals surface area contributed by atoms with E-state index >= 15 is 0 Å². The van der Waals surface area contributed by atoms with Crippen molar-refractivity contribution in [3.05, 3.63) is 51.7 Å². The fourth-order valence-corrected chi connectivity index (χ4v) is 5.26. The van der Waals surface area contributed by atoms with Gasteiger partial charge in [0.2, 0.25) is 0 Å². The average molecular weight is 476 g/mol. The van der Waals surface area contributed by atoms with Crippen LogP contribution >= 0.6 is 22.9 Å². The fourth-order valence-electron chi connectivity index (χ4n) is 4.36. The van der Waals surface area contributed by atoms with Gasteiger partial charge in [-0.1, -0.05) is 17.7 Å². The van der Waals surface area contributed by atoms with Crippen molar-refractivity contribution < 1.29 is 9.59 Å². The minimum atomic E-state index is -0.692. The lowest BCUT2D eigenvalue weighted by Gasteiger charge is -2.42. The number of hydrogen-bond donors (Lipinski definition) is 2. The first-order chi connectivity index (χ1) is 15.5. The number of carbonyl (C=O) groups excluding carboxylic acids is 2. The number of urea groups is 1. The van der Waals surface area contributed by atoms with Gasteiger partial charge in [0.15, 0.2) is 0 Å². The summed E-state index contributed by atoms with van der Waals surface area (Å²) < 4.78 is 0. The molecule has 0 bridgehead atoms. The molecule has 3 amide bonds. The van der Waals surface area contributed by atoms with Gasteiger partial charge in [-0.3, -0.25) is 9.69 Å². The molecule has 0 saturated carbocycles. The first kappa shape index (κ1) is 23.0. The summed E-state index contributed by atoms with van der Waals surface area (Å²) in [6.07, 6.45) is 1.95. The third-order valence-corrected chi connectivity index (χ3v) is 7.47. The number of piperidine rings is 1. The average Bonchev–Trinajstić information content (AvgIpc) is 3.34. The van der Waals surface area contributed by atoms with Crippen molar-refractivity contribution in [1.82, 2.24) is 20.0 Å². The van der Waals surface area contributed by atoms with Crippen LogP contribution < -0.4 is 10.6 Å². The number of amides is 3. The third-order valence-electron chi connectivity index (χ3n) is 6.28. The largest absolute Gasteiger partial charge is 0.340 e. The number of likely N-dealkylation sites (tertiary alicyclic amines) is 1. The van der Waals surface area contributed by atoms with Crippen LogP contribution in [0.5, 0.6) is 0 Å². The monoisotopic (exact) mass is 475 g/mol. The normalized spacial score (nSPS) is 19.5. The number of thiophene rings is 1. The van der Waals surface area contributed by atoms with Gasteiger partial charge in [0.1, 0.15) is 6.04 Å². The molecular formula is C23H30ClN5O2S. The van der Waals surface area contributed by atoms with Crippen LogP contribution in [-0.2, 0) is 4.79 Å². The van der Waals surface area contributed by atoms with Gasteiger partial charge in [0, 0.05) is 60.9 Å². The summed E-state index contributed by atoms with van der Waals surface area (Å²) in [5.41, 5.74) is 0.622. The summed E-state index contributed by atoms with van der Waals surface area (Å²) in [6.45, 7) is 5.84. The predicted octanol–water partition coefficient (Wildman–Crippen LogP) is 3.50. The predicted molar refractivity (Wildman–Crippen MR) is 129 cm³/mol. The van der Waals surface area contributed by atoms with Crippen LogP contribution in [-0.4, -0.2) is 79.0 Å². The zero-order chi connectivity index (χ0) is 22.5. The van der Waals surface area contributed by atoms with Crippen LogP contribution in [0.25, 0.3) is 0 Å². The zero-order valence-corrected chi connectivity index (χ0v) is 19.9. The number of nitrogens with one attached hydrogen (secondary N) is 2. The molecule has 2 aliphatic heterocycles. The number of likely N-dealkylation sites (N-methyl/N-ethyl adjacent to an activating group) is 1. The Labute approximate surface area is 198 Å². The molecule has 0 radical (unpaired) electrons. The molecular weight excluding hydrogens is 446 g/mol. The molecule has 2 N–H and O–H groups in total. The minimum absolute atomic E-state index is 0.0458. The van der Waals surface area contributed by atoms with E-state index in [4.69, 9.17) is 11.6 Å². The van der Waals surface area contributed by atoms with E-state index in [0.717, 1.165) is 57.0 Å². The van der Waals surface area contributed by atoms with Crippen LogP contribution in [0.2, 0.25) is 5.02 Å². The van der Waals surface area contributed by atoms with Crippen molar-refractivity contribution in [3.63, 3.8) is 0 Å². The molecule has 4 rings (SSSR count). The van der Waals surface area contributed by atoms with Crippen molar-refractivity contribution in [3.8, 4) is 0 Å². The Hall–Kier alpha value is -2.13. The molecule has 2 fully saturated rings. The lowest BCUT2D eigenvalue weighted by atomic mass is 10.0. The molecule has 3 heterocycles. The van der Waals surface area contributed by atoms with E-state index in [2.05, 4.69) is 27.5 Å². The number of benzene rings is 1. The standard InChI is InChI=1S/C23H30ClN5O2S/c1-27-12-14-28(15-13-27)19-8-10-29(11-9-19)22(30)21(20-3-2-16-32-20)26-23(31)25-18-6-4-17(24)5-7-18/h2-7,16,19,21H,8-15H2,1H3,(H2,25,26,31)/t21-/m0/s1. The van der Waals surface area contributed by atoms with Crippen molar-refractivity contribution in [2.75, 3.05) is 51.6 Å². The molecule has 1 aromatic heterocycles. The first-order valence-corrected chi connectivity index (χ1v) is 12.3. The van der Waals surface area contributed by atoms with Crippen LogP contribution in [0.3, 0.4) is 0 Å². The molecule has 32 heavy (non-hydrogen) atoms. The summed E-state index contributed by atoms with van der Waals surface area (Å²) in [6, 6.07) is 10.1. The molecule has 2 aromatic rings. The van der Waals surface area contributed by atoms with E-state index in [1.807, 2.05) is 22.4 Å². The van der Waals surface area contributed by atoms with Crippen LogP contribution in [0.1, 0.15) is 23.8 Å². The van der Waals surface area contributed by atoms with Crippen LogP contribution in [0.4, 0.5) is 10.5 Å². The van der Waals surface area contributed by atoms with Crippen molar-refractivity contribution in [2.45, 2.75) is 24.9 Å². The Balaban J connectivity index is 1.36. The van der Waals surface area contributed by atoms with Gasteiger partial charge in [-0.25, -0.2) is 4.79 Å². The Morgan fingerprint density at radius 2 is 1.72 bits per heavy atom. The highest BCUT2D eigenvalue weighted by molar-refractivity contribution is 7.10. The summed E-state index contributed by atoms with van der Waals surface area (Å²) in [7, 11) is 2.17. The van der Waals surface area contributed by atoms with E-state index in [1.54, 1.807) is 24.3 Å². The second-order valence-electron chi connectivity index (χ2n) is 8.45. The van der Waals surface area contributed by atoms with Crippen LogP contribution in [0, 0.1) is 0 Å². The summed E-state index contributed by atoms with van der Waals surface area (Å²) in [5, 5.41) is 8.19. The van der Waals surface area contributed by atoms with Crippen molar-refractivity contribution in [1.29, 1.82) is 0 Å². The Morgan fingerprint density at radius 3 is 2.34 bits per heavy atom. The number of rotatable bonds is 5. The minimum Gasteiger partial charge on any atom is -0.340 e. The summed E-state index contributed by atoms with van der Waals surface area (Å²) in [4.78, 5) is 33.7. The van der Waals surface area contributed by atoms with Gasteiger partial charge < -0.3 is 20.4 Å². The highest BCUT2D eigenvalue weighted by atomic mass is 35.5. The highest BCUT2D eigenvalue weighted by Gasteiger charge is 2.33. The second-order valence-corrected chi connectivity index (χ2v) is 9.87. The lowest BCUT2D eigenvalue weighted by Crippen LogP contribution is -2.54. The third kappa shape index (κ3) is 5.81. The molecule has 0 spiro atoms. The second kappa shape index (κ2) is 10.7. The van der Waals surface area contributed by atoms with E-state index < -0.39 is 12.1 Å². The molecule has 7 nitrogen and oxygen atoms in total. The van der Waals surface area contributed by atoms with Crippen LogP contribution in [0.15, 0.2) is 41.8 Å².